The Balaban J connectivity index is 2.21. The molecule has 0 aliphatic carbocycles. The van der Waals surface area contributed by atoms with E-state index in [2.05, 4.69) is 16.5 Å². The van der Waals surface area contributed by atoms with Crippen molar-refractivity contribution in [3.63, 3.8) is 0 Å². The fourth-order valence-corrected chi connectivity index (χ4v) is 2.71. The monoisotopic (exact) mass is 369 g/mol. The molecular weight excluding hydrogens is 350 g/mol. The number of carbonyl (C=O) groups excluding carboxylic acids is 1. The van der Waals surface area contributed by atoms with Crippen LogP contribution in [0.4, 0.5) is 4.79 Å². The number of furan rings is 1. The number of fused-ring (bicyclic) bond motifs is 1. The van der Waals surface area contributed by atoms with E-state index in [1.54, 1.807) is 37.5 Å². The van der Waals surface area contributed by atoms with Gasteiger partial charge >= 0.3 is 6.03 Å². The molecule has 3 rings (SSSR count). The summed E-state index contributed by atoms with van der Waals surface area (Å²) in [6.07, 6.45) is 2.57. The van der Waals surface area contributed by atoms with Gasteiger partial charge in [-0.2, -0.15) is 5.26 Å². The van der Waals surface area contributed by atoms with E-state index < -0.39 is 17.2 Å². The third-order valence-electron chi connectivity index (χ3n) is 3.81. The summed E-state index contributed by atoms with van der Waals surface area (Å²) >= 11 is 0. The zero-order chi connectivity index (χ0) is 19.8. The Bertz CT molecular complexity index is 1090. The normalized spacial score (nSPS) is 11.5. The topological polar surface area (TPSA) is 115 Å². The maximum atomic E-state index is 13.0. The Morgan fingerprint density at radius 3 is 2.74 bits per heavy atom. The van der Waals surface area contributed by atoms with E-state index in [1.807, 2.05) is 6.92 Å². The molecule has 0 aliphatic rings. The van der Waals surface area contributed by atoms with Crippen LogP contribution in [0.3, 0.4) is 0 Å². The van der Waals surface area contributed by atoms with Gasteiger partial charge < -0.3 is 8.98 Å². The van der Waals surface area contributed by atoms with Gasteiger partial charge in [-0.1, -0.05) is 0 Å². The van der Waals surface area contributed by atoms with Crippen LogP contribution in [0.25, 0.3) is 22.5 Å². The SMILES string of the molecule is CCn1c(-c2ccco2)c(C#N)c2ncn(C(=O)NOC(C)(C)C)c(=O)c21. The van der Waals surface area contributed by atoms with E-state index in [1.165, 1.54) is 6.26 Å². The molecule has 0 fully saturated rings. The molecule has 0 saturated carbocycles. The summed E-state index contributed by atoms with van der Waals surface area (Å²) in [4.78, 5) is 34.7. The summed E-state index contributed by atoms with van der Waals surface area (Å²) < 4.78 is 7.85. The number of rotatable bonds is 3. The average molecular weight is 369 g/mol. The maximum absolute atomic E-state index is 13.0. The molecule has 1 N–H and O–H groups in total. The minimum Gasteiger partial charge on any atom is -0.463 e. The second-order valence-corrected chi connectivity index (χ2v) is 6.80. The molecule has 0 bridgehead atoms. The van der Waals surface area contributed by atoms with Gasteiger partial charge in [-0.15, -0.1) is 0 Å². The van der Waals surface area contributed by atoms with E-state index in [4.69, 9.17) is 9.25 Å². The minimum atomic E-state index is -0.772. The van der Waals surface area contributed by atoms with Crippen molar-refractivity contribution in [2.75, 3.05) is 0 Å². The number of hydrogen-bond donors (Lipinski definition) is 1. The molecule has 9 nitrogen and oxygen atoms in total. The van der Waals surface area contributed by atoms with Crippen molar-refractivity contribution >= 4 is 17.1 Å². The summed E-state index contributed by atoms with van der Waals surface area (Å²) in [5.41, 5.74) is 2.04. The Kier molecular flexibility index (Phi) is 4.59. The van der Waals surface area contributed by atoms with Crippen molar-refractivity contribution < 1.29 is 14.0 Å². The van der Waals surface area contributed by atoms with Gasteiger partial charge in [0.05, 0.1) is 11.9 Å². The van der Waals surface area contributed by atoms with Crippen LogP contribution in [-0.4, -0.2) is 25.8 Å². The predicted molar refractivity (Wildman–Crippen MR) is 96.9 cm³/mol. The number of hydrogen-bond acceptors (Lipinski definition) is 6. The van der Waals surface area contributed by atoms with Crippen molar-refractivity contribution in [3.8, 4) is 17.5 Å². The minimum absolute atomic E-state index is 0.147. The van der Waals surface area contributed by atoms with Gasteiger partial charge in [0.25, 0.3) is 5.56 Å². The lowest BCUT2D eigenvalue weighted by Gasteiger charge is -2.19. The van der Waals surface area contributed by atoms with E-state index in [0.29, 0.717) is 18.0 Å². The first-order chi connectivity index (χ1) is 12.8. The number of hydroxylamine groups is 1. The molecule has 0 spiro atoms. The predicted octanol–water partition coefficient (Wildman–Crippen LogP) is 2.64. The Morgan fingerprint density at radius 1 is 1.44 bits per heavy atom. The molecule has 0 saturated heterocycles. The van der Waals surface area contributed by atoms with E-state index in [0.717, 1.165) is 10.9 Å². The molecule has 0 unspecified atom stereocenters. The van der Waals surface area contributed by atoms with Crippen molar-refractivity contribution in [2.45, 2.75) is 39.8 Å². The highest BCUT2D eigenvalue weighted by atomic mass is 16.7. The Morgan fingerprint density at radius 2 is 2.19 bits per heavy atom. The highest BCUT2D eigenvalue weighted by Crippen LogP contribution is 2.31. The van der Waals surface area contributed by atoms with Crippen LogP contribution in [0.5, 0.6) is 0 Å². The zero-order valence-corrected chi connectivity index (χ0v) is 15.4. The number of aryl methyl sites for hydroxylation is 1. The van der Waals surface area contributed by atoms with Crippen molar-refractivity contribution in [2.24, 2.45) is 0 Å². The van der Waals surface area contributed by atoms with Crippen LogP contribution in [-0.2, 0) is 11.4 Å². The second kappa shape index (κ2) is 6.74. The van der Waals surface area contributed by atoms with Gasteiger partial charge in [0.15, 0.2) is 5.76 Å². The molecule has 0 aromatic carbocycles. The maximum Gasteiger partial charge on any atom is 0.353 e. The zero-order valence-electron chi connectivity index (χ0n) is 15.4. The van der Waals surface area contributed by atoms with Gasteiger partial charge in [0.1, 0.15) is 34.7 Å². The molecular formula is C18H19N5O4. The van der Waals surface area contributed by atoms with Crippen molar-refractivity contribution in [1.82, 2.24) is 19.6 Å². The molecule has 3 heterocycles. The van der Waals surface area contributed by atoms with Crippen LogP contribution in [0.2, 0.25) is 0 Å². The summed E-state index contributed by atoms with van der Waals surface area (Å²) in [7, 11) is 0. The van der Waals surface area contributed by atoms with Crippen LogP contribution in [0, 0.1) is 11.3 Å². The van der Waals surface area contributed by atoms with Gasteiger partial charge in [0, 0.05) is 6.54 Å². The summed E-state index contributed by atoms with van der Waals surface area (Å²) in [6.45, 7) is 7.49. The molecule has 9 heteroatoms. The summed E-state index contributed by atoms with van der Waals surface area (Å²) in [6, 6.07) is 4.70. The number of aromatic nitrogens is 3. The van der Waals surface area contributed by atoms with Crippen LogP contribution >= 0.6 is 0 Å². The van der Waals surface area contributed by atoms with E-state index in [9.17, 15) is 14.9 Å². The second-order valence-electron chi connectivity index (χ2n) is 6.80. The van der Waals surface area contributed by atoms with Gasteiger partial charge in [-0.3, -0.25) is 9.63 Å². The van der Waals surface area contributed by atoms with Gasteiger partial charge in [0.2, 0.25) is 0 Å². The quantitative estimate of drug-likeness (QED) is 0.710. The first-order valence-corrected chi connectivity index (χ1v) is 8.34. The number of nitriles is 1. The standard InChI is InChI=1S/C18H19N5O4/c1-5-22-14(12-7-6-8-26-12)11(9-19)13-15(22)16(24)23(10-20-13)17(25)21-27-18(2,3)4/h6-8,10H,5H2,1-4H3,(H,21,25). The molecule has 140 valence electrons. The Labute approximate surface area is 154 Å². The third-order valence-corrected chi connectivity index (χ3v) is 3.81. The van der Waals surface area contributed by atoms with Gasteiger partial charge in [-0.05, 0) is 39.8 Å². The molecule has 1 amide bonds. The summed E-state index contributed by atoms with van der Waals surface area (Å²) in [5.74, 6) is 0.442. The molecule has 3 aromatic rings. The lowest BCUT2D eigenvalue weighted by atomic mass is 10.2. The number of nitrogens with zero attached hydrogens (tertiary/aromatic N) is 4. The number of amides is 1. The molecule has 27 heavy (non-hydrogen) atoms. The van der Waals surface area contributed by atoms with Gasteiger partial charge in [-0.25, -0.2) is 19.8 Å². The highest BCUT2D eigenvalue weighted by Gasteiger charge is 2.25. The lowest BCUT2D eigenvalue weighted by molar-refractivity contribution is -0.0527. The van der Waals surface area contributed by atoms with E-state index in [-0.39, 0.29) is 16.6 Å². The largest absolute Gasteiger partial charge is 0.463 e. The Hall–Kier alpha value is -3.38. The number of nitrogens with one attached hydrogen (secondary N) is 1. The first-order valence-electron chi connectivity index (χ1n) is 8.34. The fraction of sp³-hybridized carbons (Fsp3) is 0.333. The molecule has 0 radical (unpaired) electrons. The first kappa shape index (κ1) is 18.4. The van der Waals surface area contributed by atoms with Crippen molar-refractivity contribution in [1.29, 1.82) is 5.26 Å². The average Bonchev–Trinajstić information content (AvgIpc) is 3.24. The number of carbonyl (C=O) groups is 1. The molecule has 0 atom stereocenters. The van der Waals surface area contributed by atoms with Crippen LogP contribution in [0.1, 0.15) is 33.3 Å². The van der Waals surface area contributed by atoms with Crippen LogP contribution < -0.4 is 11.0 Å². The molecule has 3 aromatic heterocycles. The molecule has 0 aliphatic heterocycles. The van der Waals surface area contributed by atoms with E-state index >= 15 is 0 Å². The van der Waals surface area contributed by atoms with Crippen LogP contribution in [0.15, 0.2) is 33.9 Å². The summed E-state index contributed by atoms with van der Waals surface area (Å²) in [5, 5.41) is 9.61. The highest BCUT2D eigenvalue weighted by molar-refractivity contribution is 5.91. The van der Waals surface area contributed by atoms with Crippen molar-refractivity contribution in [3.05, 3.63) is 40.6 Å². The fourth-order valence-electron chi connectivity index (χ4n) is 2.71. The smallest absolute Gasteiger partial charge is 0.353 e. The third kappa shape index (κ3) is 3.22. The lowest BCUT2D eigenvalue weighted by Crippen LogP contribution is -2.40.